The topological polar surface area (TPSA) is 84.7 Å². The molecule has 0 bridgehead atoms. The average Bonchev–Trinajstić information content (AvgIpc) is 3.03. The lowest BCUT2D eigenvalue weighted by molar-refractivity contribution is -0.124. The molecular weight excluding hydrogens is 328 g/mol. The molecule has 0 aliphatic heterocycles. The van der Waals surface area contributed by atoms with E-state index >= 15 is 0 Å². The Bertz CT molecular complexity index is 678. The average molecular weight is 356 g/mol. The van der Waals surface area contributed by atoms with E-state index in [1.54, 1.807) is 6.92 Å². The van der Waals surface area contributed by atoms with Crippen LogP contribution in [0.4, 0.5) is 0 Å². The van der Waals surface area contributed by atoms with Crippen molar-refractivity contribution < 1.29 is 4.79 Å². The predicted octanol–water partition coefficient (Wildman–Crippen LogP) is 2.33. The third-order valence-corrected chi connectivity index (χ3v) is 4.90. The van der Waals surface area contributed by atoms with E-state index in [1.165, 1.54) is 43.3 Å². The molecule has 1 aliphatic carbocycles. The SMILES string of the molecule is CC(C(=O)NCCNC1CCCCCC1)n1nnc(-c2ccccc2)n1. The van der Waals surface area contributed by atoms with Gasteiger partial charge in [-0.2, -0.15) is 4.80 Å². The Hall–Kier alpha value is -2.28. The van der Waals surface area contributed by atoms with Gasteiger partial charge in [-0.05, 0) is 25.0 Å². The van der Waals surface area contributed by atoms with Crippen LogP contribution in [0.25, 0.3) is 11.4 Å². The zero-order valence-corrected chi connectivity index (χ0v) is 15.4. The van der Waals surface area contributed by atoms with E-state index in [9.17, 15) is 4.79 Å². The highest BCUT2D eigenvalue weighted by molar-refractivity contribution is 5.79. The Morgan fingerprint density at radius 3 is 2.62 bits per heavy atom. The van der Waals surface area contributed by atoms with Crippen molar-refractivity contribution in [1.82, 2.24) is 30.8 Å². The van der Waals surface area contributed by atoms with Crippen LogP contribution < -0.4 is 10.6 Å². The quantitative estimate of drug-likeness (QED) is 0.587. The molecule has 3 rings (SSSR count). The summed E-state index contributed by atoms with van der Waals surface area (Å²) in [5, 5.41) is 18.9. The van der Waals surface area contributed by atoms with Crippen molar-refractivity contribution in [3.05, 3.63) is 30.3 Å². The maximum atomic E-state index is 12.3. The standard InChI is InChI=1S/C19H28N6O/c1-15(25-23-18(22-24-25)16-9-5-4-6-10-16)19(26)21-14-13-20-17-11-7-2-3-8-12-17/h4-6,9-10,15,17,20H,2-3,7-8,11-14H2,1H3,(H,21,26). The summed E-state index contributed by atoms with van der Waals surface area (Å²) in [5.41, 5.74) is 0.888. The number of hydrogen-bond acceptors (Lipinski definition) is 5. The third kappa shape index (κ3) is 5.11. The molecule has 0 radical (unpaired) electrons. The highest BCUT2D eigenvalue weighted by atomic mass is 16.2. The molecule has 2 aromatic rings. The maximum absolute atomic E-state index is 12.3. The van der Waals surface area contributed by atoms with E-state index in [0.717, 1.165) is 12.1 Å². The number of amides is 1. The summed E-state index contributed by atoms with van der Waals surface area (Å²) in [4.78, 5) is 13.7. The lowest BCUT2D eigenvalue weighted by atomic mass is 10.1. The second-order valence-corrected chi connectivity index (χ2v) is 6.91. The summed E-state index contributed by atoms with van der Waals surface area (Å²) in [6.07, 6.45) is 7.81. The van der Waals surface area contributed by atoms with E-state index < -0.39 is 6.04 Å². The summed E-state index contributed by atoms with van der Waals surface area (Å²) in [5.74, 6) is 0.435. The van der Waals surface area contributed by atoms with Crippen molar-refractivity contribution in [2.24, 2.45) is 0 Å². The molecule has 1 heterocycles. The number of nitrogens with one attached hydrogen (secondary N) is 2. The summed E-state index contributed by atoms with van der Waals surface area (Å²) in [6.45, 7) is 3.19. The number of tetrazole rings is 1. The number of rotatable bonds is 7. The number of benzene rings is 1. The molecule has 0 saturated heterocycles. The van der Waals surface area contributed by atoms with Crippen molar-refractivity contribution in [3.8, 4) is 11.4 Å². The minimum atomic E-state index is -0.488. The van der Waals surface area contributed by atoms with Crippen LogP contribution in [-0.2, 0) is 4.79 Å². The van der Waals surface area contributed by atoms with E-state index in [4.69, 9.17) is 0 Å². The van der Waals surface area contributed by atoms with Gasteiger partial charge in [0, 0.05) is 24.7 Å². The molecule has 140 valence electrons. The second kappa shape index (κ2) is 9.43. The summed E-state index contributed by atoms with van der Waals surface area (Å²) < 4.78 is 0. The van der Waals surface area contributed by atoms with Crippen LogP contribution in [0.1, 0.15) is 51.5 Å². The molecule has 1 amide bonds. The van der Waals surface area contributed by atoms with Crippen molar-refractivity contribution in [1.29, 1.82) is 0 Å². The largest absolute Gasteiger partial charge is 0.353 e. The van der Waals surface area contributed by atoms with Crippen LogP contribution in [0, 0.1) is 0 Å². The molecular formula is C19H28N6O. The number of carbonyl (C=O) groups is 1. The Morgan fingerprint density at radius 1 is 1.15 bits per heavy atom. The second-order valence-electron chi connectivity index (χ2n) is 6.91. The van der Waals surface area contributed by atoms with Crippen LogP contribution in [0.15, 0.2) is 30.3 Å². The fraction of sp³-hybridized carbons (Fsp3) is 0.579. The summed E-state index contributed by atoms with van der Waals surface area (Å²) >= 11 is 0. The molecule has 1 saturated carbocycles. The van der Waals surface area contributed by atoms with Crippen LogP contribution >= 0.6 is 0 Å². The van der Waals surface area contributed by atoms with Gasteiger partial charge in [-0.25, -0.2) is 0 Å². The lowest BCUT2D eigenvalue weighted by Gasteiger charge is -2.17. The monoisotopic (exact) mass is 356 g/mol. The molecule has 1 aromatic carbocycles. The molecule has 2 N–H and O–H groups in total. The fourth-order valence-corrected chi connectivity index (χ4v) is 3.29. The molecule has 0 spiro atoms. The van der Waals surface area contributed by atoms with E-state index in [2.05, 4.69) is 26.0 Å². The minimum Gasteiger partial charge on any atom is -0.353 e. The lowest BCUT2D eigenvalue weighted by Crippen LogP contribution is -2.39. The van der Waals surface area contributed by atoms with Crippen LogP contribution in [0.5, 0.6) is 0 Å². The van der Waals surface area contributed by atoms with Crippen LogP contribution in [0.3, 0.4) is 0 Å². The number of hydrogen-bond donors (Lipinski definition) is 2. The van der Waals surface area contributed by atoms with Crippen molar-refractivity contribution in [2.75, 3.05) is 13.1 Å². The van der Waals surface area contributed by atoms with Gasteiger partial charge in [0.1, 0.15) is 6.04 Å². The Balaban J connectivity index is 1.43. The molecule has 1 aliphatic rings. The highest BCUT2D eigenvalue weighted by Crippen LogP contribution is 2.17. The highest BCUT2D eigenvalue weighted by Gasteiger charge is 2.18. The normalized spacial score (nSPS) is 16.8. The van der Waals surface area contributed by atoms with Gasteiger partial charge in [-0.15, -0.1) is 10.2 Å². The molecule has 1 fully saturated rings. The molecule has 1 atom stereocenters. The van der Waals surface area contributed by atoms with Crippen molar-refractivity contribution in [2.45, 2.75) is 57.5 Å². The van der Waals surface area contributed by atoms with Gasteiger partial charge in [0.15, 0.2) is 0 Å². The maximum Gasteiger partial charge on any atom is 0.246 e. The first-order chi connectivity index (χ1) is 12.7. The number of aromatic nitrogens is 4. The summed E-state index contributed by atoms with van der Waals surface area (Å²) in [6, 6.07) is 9.74. The third-order valence-electron chi connectivity index (χ3n) is 4.90. The zero-order chi connectivity index (χ0) is 18.2. The predicted molar refractivity (Wildman–Crippen MR) is 100 cm³/mol. The van der Waals surface area contributed by atoms with Crippen molar-refractivity contribution >= 4 is 5.91 Å². The van der Waals surface area contributed by atoms with E-state index in [0.29, 0.717) is 18.4 Å². The zero-order valence-electron chi connectivity index (χ0n) is 15.4. The van der Waals surface area contributed by atoms with Crippen LogP contribution in [0.2, 0.25) is 0 Å². The number of nitrogens with zero attached hydrogens (tertiary/aromatic N) is 4. The van der Waals surface area contributed by atoms with Gasteiger partial charge in [0.05, 0.1) is 0 Å². The molecule has 7 nitrogen and oxygen atoms in total. The minimum absolute atomic E-state index is 0.0929. The van der Waals surface area contributed by atoms with E-state index in [1.807, 2.05) is 30.3 Å². The van der Waals surface area contributed by atoms with Gasteiger partial charge in [0.2, 0.25) is 11.7 Å². The Labute approximate surface area is 154 Å². The first kappa shape index (κ1) is 18.5. The van der Waals surface area contributed by atoms with Gasteiger partial charge in [0.25, 0.3) is 0 Å². The van der Waals surface area contributed by atoms with Crippen LogP contribution in [-0.4, -0.2) is 45.2 Å². The fourth-order valence-electron chi connectivity index (χ4n) is 3.29. The van der Waals surface area contributed by atoms with Crippen molar-refractivity contribution in [3.63, 3.8) is 0 Å². The van der Waals surface area contributed by atoms with E-state index in [-0.39, 0.29) is 5.91 Å². The smallest absolute Gasteiger partial charge is 0.246 e. The number of carbonyl (C=O) groups excluding carboxylic acids is 1. The van der Waals surface area contributed by atoms with Gasteiger partial charge < -0.3 is 10.6 Å². The first-order valence-corrected chi connectivity index (χ1v) is 9.60. The molecule has 1 unspecified atom stereocenters. The van der Waals surface area contributed by atoms with Gasteiger partial charge in [-0.1, -0.05) is 56.0 Å². The summed E-state index contributed by atoms with van der Waals surface area (Å²) in [7, 11) is 0. The van der Waals surface area contributed by atoms with Gasteiger partial charge in [-0.3, -0.25) is 4.79 Å². The molecule has 7 heteroatoms. The first-order valence-electron chi connectivity index (χ1n) is 9.60. The molecule has 1 aromatic heterocycles. The molecule has 26 heavy (non-hydrogen) atoms. The van der Waals surface area contributed by atoms with Gasteiger partial charge >= 0.3 is 0 Å². The Morgan fingerprint density at radius 2 is 1.88 bits per heavy atom. The Kier molecular flexibility index (Phi) is 6.71.